The zero-order chi connectivity index (χ0) is 32.3. The van der Waals surface area contributed by atoms with Crippen molar-refractivity contribution < 1.29 is 53.5 Å². The molecule has 12 nitrogen and oxygen atoms in total. The second kappa shape index (κ2) is 9.02. The molecule has 0 fully saturated rings. The molecule has 45 heavy (non-hydrogen) atoms. The van der Waals surface area contributed by atoms with Crippen LogP contribution in [0.15, 0.2) is 51.7 Å². The third-order valence-corrected chi connectivity index (χ3v) is 9.17. The number of rotatable bonds is 2. The van der Waals surface area contributed by atoms with Gasteiger partial charge in [-0.2, -0.15) is 0 Å². The highest BCUT2D eigenvalue weighted by Gasteiger charge is 2.71. The van der Waals surface area contributed by atoms with Crippen molar-refractivity contribution in [2.45, 2.75) is 37.9 Å². The summed E-state index contributed by atoms with van der Waals surface area (Å²) < 4.78 is 16.4. The number of hydrogen-bond acceptors (Lipinski definition) is 12. The number of aliphatic hydroxyl groups is 1. The van der Waals surface area contributed by atoms with Gasteiger partial charge in [0.05, 0.1) is 29.4 Å². The molecule has 228 valence electrons. The van der Waals surface area contributed by atoms with Crippen molar-refractivity contribution in [3.8, 4) is 17.2 Å². The predicted molar refractivity (Wildman–Crippen MR) is 154 cm³/mol. The number of aromatic hydroxyl groups is 3. The Balaban J connectivity index is 1.57. The zero-order valence-electron chi connectivity index (χ0n) is 24.0. The van der Waals surface area contributed by atoms with E-state index in [1.165, 1.54) is 36.4 Å². The molecule has 0 amide bonds. The summed E-state index contributed by atoms with van der Waals surface area (Å²) in [6, 6.07) is 6.60. The monoisotopic (exact) mass is 612 g/mol. The molecule has 4 aliphatic rings. The smallest absolute Gasteiger partial charge is 0.342 e. The molecule has 0 radical (unpaired) electrons. The molecule has 1 aromatic heterocycles. The van der Waals surface area contributed by atoms with Crippen LogP contribution in [0.4, 0.5) is 0 Å². The summed E-state index contributed by atoms with van der Waals surface area (Å²) in [6.07, 6.45) is 1.00. The molecule has 1 spiro atoms. The van der Waals surface area contributed by atoms with Gasteiger partial charge in [0.15, 0.2) is 11.4 Å². The molecule has 3 aromatic carbocycles. The van der Waals surface area contributed by atoms with E-state index in [1.54, 1.807) is 6.92 Å². The Kier molecular flexibility index (Phi) is 5.67. The number of methoxy groups -OCH3 is 1. The normalized spacial score (nSPS) is 24.6. The van der Waals surface area contributed by atoms with Gasteiger partial charge in [0.1, 0.15) is 45.5 Å². The fourth-order valence-corrected chi connectivity index (χ4v) is 7.33. The van der Waals surface area contributed by atoms with E-state index in [9.17, 15) is 44.4 Å². The lowest BCUT2D eigenvalue weighted by molar-refractivity contribution is -0.172. The highest BCUT2D eigenvalue weighted by atomic mass is 16.5. The molecule has 1 unspecified atom stereocenters. The van der Waals surface area contributed by atoms with Crippen LogP contribution >= 0.6 is 0 Å². The number of ether oxygens (including phenoxy) is 2. The lowest BCUT2D eigenvalue weighted by atomic mass is 9.53. The Hall–Kier alpha value is -5.49. The van der Waals surface area contributed by atoms with E-state index >= 15 is 0 Å². The maximum atomic E-state index is 14.3. The van der Waals surface area contributed by atoms with E-state index in [2.05, 4.69) is 0 Å². The number of phenols is 3. The van der Waals surface area contributed by atoms with E-state index in [-0.39, 0.29) is 45.2 Å². The summed E-state index contributed by atoms with van der Waals surface area (Å²) in [4.78, 5) is 67.3. The fraction of sp³-hybridized carbons (Fsp3) is 0.242. The van der Waals surface area contributed by atoms with E-state index in [4.69, 9.17) is 13.9 Å². The lowest BCUT2D eigenvalue weighted by Gasteiger charge is -2.52. The minimum atomic E-state index is -2.87. The van der Waals surface area contributed by atoms with Gasteiger partial charge < -0.3 is 34.3 Å². The number of carbonyl (C=O) groups excluding carboxylic acids is 4. The molecule has 4 atom stereocenters. The van der Waals surface area contributed by atoms with Crippen LogP contribution in [0.1, 0.15) is 61.9 Å². The summed E-state index contributed by atoms with van der Waals surface area (Å²) in [6.45, 7) is 2.78. The summed E-state index contributed by atoms with van der Waals surface area (Å²) in [5.74, 6) is -7.22. The van der Waals surface area contributed by atoms with Crippen molar-refractivity contribution in [3.05, 3.63) is 86.1 Å². The van der Waals surface area contributed by atoms with Gasteiger partial charge in [-0.15, -0.1) is 0 Å². The van der Waals surface area contributed by atoms with Gasteiger partial charge in [0, 0.05) is 18.1 Å². The van der Waals surface area contributed by atoms with Crippen LogP contribution in [0.3, 0.4) is 0 Å². The average molecular weight is 613 g/mol. The minimum absolute atomic E-state index is 0.0920. The SMILES string of the molecule is COC(=O)c1c(O)ccc2oc3cc4c(c(O)c3c(=O)c12)C1C=C[C@@]2(C4)[C@@H](OC(C)=O)c3cc(C)cc(O)c3C(=O)[C@@]2(O)C1=O. The van der Waals surface area contributed by atoms with Gasteiger partial charge in [0.2, 0.25) is 11.2 Å². The Bertz CT molecular complexity index is 2190. The Morgan fingerprint density at radius 1 is 1.00 bits per heavy atom. The van der Waals surface area contributed by atoms with Gasteiger partial charge in [-0.1, -0.05) is 18.2 Å². The standard InChI is InChI=1S/C33H24O12/c1-12-8-16-22(18(36)9-12)29(40)33(42)28(39)15-6-7-32(33,30(16)44-13(2)34)11-14-10-20-25(26(37)21(14)15)27(38)24-19(45-20)5-4-17(35)23(24)31(41)43-3/h4-10,15,30,35-37,42H,11H2,1-3H3/t15?,30-,32+,33-/m0/s1. The molecule has 0 aliphatic heterocycles. The number of esters is 2. The van der Waals surface area contributed by atoms with E-state index in [0.717, 1.165) is 20.1 Å². The summed E-state index contributed by atoms with van der Waals surface area (Å²) in [5.41, 5.74) is -6.11. The second-order valence-electron chi connectivity index (χ2n) is 11.6. The van der Waals surface area contributed by atoms with Gasteiger partial charge >= 0.3 is 11.9 Å². The van der Waals surface area contributed by atoms with Crippen molar-refractivity contribution >= 4 is 45.4 Å². The molecule has 1 heterocycles. The van der Waals surface area contributed by atoms with Crippen LogP contribution in [0, 0.1) is 12.3 Å². The van der Waals surface area contributed by atoms with E-state index in [0.29, 0.717) is 5.56 Å². The third-order valence-electron chi connectivity index (χ3n) is 9.17. The first-order valence-corrected chi connectivity index (χ1v) is 13.8. The topological polar surface area (TPSA) is 198 Å². The van der Waals surface area contributed by atoms with Crippen molar-refractivity contribution in [2.75, 3.05) is 7.11 Å². The van der Waals surface area contributed by atoms with Crippen LogP contribution in [-0.4, -0.2) is 56.6 Å². The maximum Gasteiger partial charge on any atom is 0.342 e. The quantitative estimate of drug-likeness (QED) is 0.112. The van der Waals surface area contributed by atoms with Crippen molar-refractivity contribution in [2.24, 2.45) is 5.41 Å². The highest BCUT2D eigenvalue weighted by Crippen LogP contribution is 2.62. The Labute approximate surface area is 252 Å². The molecule has 4 aliphatic carbocycles. The number of ketones is 2. The van der Waals surface area contributed by atoms with Crippen LogP contribution in [0.5, 0.6) is 17.2 Å². The summed E-state index contributed by atoms with van der Waals surface area (Å²) in [7, 11) is 1.06. The van der Waals surface area contributed by atoms with Gasteiger partial charge in [-0.05, 0) is 48.7 Å². The Morgan fingerprint density at radius 2 is 1.73 bits per heavy atom. The minimum Gasteiger partial charge on any atom is -0.507 e. The highest BCUT2D eigenvalue weighted by molar-refractivity contribution is 6.24. The first kappa shape index (κ1) is 28.3. The number of benzene rings is 3. The molecule has 0 saturated heterocycles. The molecular weight excluding hydrogens is 588 g/mol. The number of fused-ring (bicyclic) bond motifs is 3. The number of Topliss-reactive ketones (excluding diaryl/α,β-unsaturated/α-hetero) is 2. The zero-order valence-corrected chi connectivity index (χ0v) is 24.0. The molecular formula is C33H24O12. The number of aryl methyl sites for hydroxylation is 1. The predicted octanol–water partition coefficient (Wildman–Crippen LogP) is 3.15. The van der Waals surface area contributed by atoms with Gasteiger partial charge in [-0.3, -0.25) is 19.2 Å². The molecule has 4 aromatic rings. The first-order valence-electron chi connectivity index (χ1n) is 13.8. The summed E-state index contributed by atoms with van der Waals surface area (Å²) >= 11 is 0. The van der Waals surface area contributed by atoms with Gasteiger partial charge in [0.25, 0.3) is 0 Å². The van der Waals surface area contributed by atoms with E-state index in [1.807, 2.05) is 0 Å². The Morgan fingerprint density at radius 3 is 2.42 bits per heavy atom. The van der Waals surface area contributed by atoms with Crippen molar-refractivity contribution in [3.63, 3.8) is 0 Å². The first-order chi connectivity index (χ1) is 21.3. The maximum absolute atomic E-state index is 14.3. The number of carbonyl (C=O) groups is 4. The van der Waals surface area contributed by atoms with Crippen molar-refractivity contribution in [1.82, 2.24) is 0 Å². The molecule has 0 saturated carbocycles. The molecule has 12 heteroatoms. The number of phenolic OH excluding ortho intramolecular Hbond substituents is 3. The molecule has 2 bridgehead atoms. The largest absolute Gasteiger partial charge is 0.507 e. The van der Waals surface area contributed by atoms with Gasteiger partial charge in [-0.25, -0.2) is 4.79 Å². The molecule has 8 rings (SSSR count). The van der Waals surface area contributed by atoms with Crippen LogP contribution in [0.25, 0.3) is 21.9 Å². The van der Waals surface area contributed by atoms with Crippen LogP contribution < -0.4 is 5.43 Å². The lowest BCUT2D eigenvalue weighted by Crippen LogP contribution is -2.66. The number of hydrogen-bond donors (Lipinski definition) is 4. The molecule has 4 N–H and O–H groups in total. The fourth-order valence-electron chi connectivity index (χ4n) is 7.33. The third kappa shape index (κ3) is 3.37. The van der Waals surface area contributed by atoms with Crippen molar-refractivity contribution in [1.29, 1.82) is 0 Å². The van der Waals surface area contributed by atoms with E-state index < -0.39 is 80.2 Å². The summed E-state index contributed by atoms with van der Waals surface area (Å²) in [5, 5.41) is 44.4. The van der Waals surface area contributed by atoms with Crippen LogP contribution in [-0.2, 0) is 25.5 Å². The van der Waals surface area contributed by atoms with Crippen LogP contribution in [0.2, 0.25) is 0 Å². The number of allylic oxidation sites excluding steroid dienone is 1. The second-order valence-corrected chi connectivity index (χ2v) is 11.6. The average Bonchev–Trinajstić information content (AvgIpc) is 3.19.